The molecular formula is C19H23N3O4S. The second kappa shape index (κ2) is 7.20. The van der Waals surface area contributed by atoms with Crippen molar-refractivity contribution in [1.82, 2.24) is 14.3 Å². The van der Waals surface area contributed by atoms with Gasteiger partial charge in [0.1, 0.15) is 12.3 Å². The number of rotatable bonds is 5. The highest BCUT2D eigenvalue weighted by Gasteiger charge is 2.32. The lowest BCUT2D eigenvalue weighted by Crippen LogP contribution is -2.30. The van der Waals surface area contributed by atoms with E-state index in [2.05, 4.69) is 5.10 Å². The first-order valence-electron chi connectivity index (χ1n) is 9.03. The van der Waals surface area contributed by atoms with Crippen LogP contribution in [0.4, 0.5) is 0 Å². The fourth-order valence-corrected chi connectivity index (χ4v) is 4.53. The summed E-state index contributed by atoms with van der Waals surface area (Å²) in [6.45, 7) is 2.67. The lowest BCUT2D eigenvalue weighted by molar-refractivity contribution is -0.0480. The Morgan fingerprint density at radius 2 is 2.26 bits per heavy atom. The monoisotopic (exact) mass is 389 g/mol. The summed E-state index contributed by atoms with van der Waals surface area (Å²) >= 11 is 1.15. The first kappa shape index (κ1) is 18.4. The average molecular weight is 389 g/mol. The molecule has 27 heavy (non-hydrogen) atoms. The van der Waals surface area contributed by atoms with Gasteiger partial charge in [-0.25, -0.2) is 4.68 Å². The van der Waals surface area contributed by atoms with E-state index < -0.39 is 5.60 Å². The molecule has 0 bridgehead atoms. The first-order valence-corrected chi connectivity index (χ1v) is 9.85. The molecule has 1 aliphatic heterocycles. The SMILES string of the molecule is COCn1c(=O)sc2cc(C(C)(O)c3ccnn3C3CCCCO3)ccc21. The lowest BCUT2D eigenvalue weighted by atomic mass is 9.92. The minimum atomic E-state index is -1.26. The zero-order valence-corrected chi connectivity index (χ0v) is 16.2. The highest BCUT2D eigenvalue weighted by Crippen LogP contribution is 2.34. The van der Waals surface area contributed by atoms with Crippen molar-refractivity contribution in [3.63, 3.8) is 0 Å². The van der Waals surface area contributed by atoms with Crippen LogP contribution in [0, 0.1) is 0 Å². The summed E-state index contributed by atoms with van der Waals surface area (Å²) < 4.78 is 15.1. The second-order valence-electron chi connectivity index (χ2n) is 6.95. The molecule has 2 atom stereocenters. The van der Waals surface area contributed by atoms with Gasteiger partial charge in [0, 0.05) is 19.9 Å². The molecule has 3 heterocycles. The van der Waals surface area contributed by atoms with Gasteiger partial charge >= 0.3 is 4.87 Å². The van der Waals surface area contributed by atoms with Crippen molar-refractivity contribution >= 4 is 21.6 Å². The van der Waals surface area contributed by atoms with Crippen molar-refractivity contribution in [2.24, 2.45) is 0 Å². The Morgan fingerprint density at radius 1 is 1.41 bits per heavy atom. The normalized spacial score (nSPS) is 20.0. The van der Waals surface area contributed by atoms with Gasteiger partial charge in [0.25, 0.3) is 0 Å². The summed E-state index contributed by atoms with van der Waals surface area (Å²) in [7, 11) is 1.56. The largest absolute Gasteiger partial charge is 0.379 e. The molecule has 1 N–H and O–H groups in total. The molecule has 0 saturated carbocycles. The summed E-state index contributed by atoms with van der Waals surface area (Å²) in [5.74, 6) is 0. The average Bonchev–Trinajstić information content (AvgIpc) is 3.28. The van der Waals surface area contributed by atoms with Gasteiger partial charge in [0.05, 0.1) is 15.9 Å². The van der Waals surface area contributed by atoms with E-state index in [-0.39, 0.29) is 17.8 Å². The third kappa shape index (κ3) is 3.23. The highest BCUT2D eigenvalue weighted by molar-refractivity contribution is 7.16. The zero-order chi connectivity index (χ0) is 19.0. The molecule has 7 nitrogen and oxygen atoms in total. The van der Waals surface area contributed by atoms with Crippen LogP contribution in [-0.2, 0) is 21.8 Å². The van der Waals surface area contributed by atoms with Crippen LogP contribution in [0.25, 0.3) is 10.2 Å². The van der Waals surface area contributed by atoms with Gasteiger partial charge in [-0.15, -0.1) is 0 Å². The number of ether oxygens (including phenoxy) is 2. The van der Waals surface area contributed by atoms with Crippen LogP contribution in [0.5, 0.6) is 0 Å². The number of hydrogen-bond acceptors (Lipinski definition) is 6. The quantitative estimate of drug-likeness (QED) is 0.726. The maximum Gasteiger partial charge on any atom is 0.310 e. The van der Waals surface area contributed by atoms with E-state index in [4.69, 9.17) is 9.47 Å². The van der Waals surface area contributed by atoms with Crippen molar-refractivity contribution in [3.05, 3.63) is 51.4 Å². The smallest absolute Gasteiger partial charge is 0.310 e. The number of aromatic nitrogens is 3. The molecule has 144 valence electrons. The van der Waals surface area contributed by atoms with Gasteiger partial charge in [-0.3, -0.25) is 9.36 Å². The predicted molar refractivity (Wildman–Crippen MR) is 103 cm³/mol. The number of fused-ring (bicyclic) bond motifs is 1. The van der Waals surface area contributed by atoms with E-state index in [1.807, 2.05) is 24.3 Å². The van der Waals surface area contributed by atoms with Crippen molar-refractivity contribution in [2.75, 3.05) is 13.7 Å². The molecule has 0 spiro atoms. The first-order chi connectivity index (χ1) is 13.0. The minimum Gasteiger partial charge on any atom is -0.379 e. The molecule has 8 heteroatoms. The van der Waals surface area contributed by atoms with Crippen LogP contribution in [0.1, 0.15) is 43.7 Å². The summed E-state index contributed by atoms with van der Waals surface area (Å²) in [5.41, 5.74) is 0.927. The van der Waals surface area contributed by atoms with Crippen molar-refractivity contribution < 1.29 is 14.6 Å². The summed E-state index contributed by atoms with van der Waals surface area (Å²) in [6, 6.07) is 7.39. The van der Waals surface area contributed by atoms with Crippen molar-refractivity contribution in [3.8, 4) is 0 Å². The number of nitrogens with zero attached hydrogens (tertiary/aromatic N) is 3. The van der Waals surface area contributed by atoms with E-state index in [0.29, 0.717) is 17.9 Å². The van der Waals surface area contributed by atoms with Crippen LogP contribution >= 0.6 is 11.3 Å². The lowest BCUT2D eigenvalue weighted by Gasteiger charge is -2.30. The van der Waals surface area contributed by atoms with Gasteiger partial charge < -0.3 is 14.6 Å². The molecule has 0 amide bonds. The van der Waals surface area contributed by atoms with E-state index in [1.165, 1.54) is 0 Å². The van der Waals surface area contributed by atoms with E-state index >= 15 is 0 Å². The molecule has 0 aliphatic carbocycles. The Labute approximate surface area is 160 Å². The Morgan fingerprint density at radius 3 is 3.00 bits per heavy atom. The Bertz CT molecular complexity index is 998. The number of aliphatic hydroxyl groups is 1. The topological polar surface area (TPSA) is 78.5 Å². The molecule has 1 saturated heterocycles. The van der Waals surface area contributed by atoms with Gasteiger partial charge in [0.2, 0.25) is 0 Å². The minimum absolute atomic E-state index is 0.0794. The molecular weight excluding hydrogens is 366 g/mol. The molecule has 1 aromatic carbocycles. The van der Waals surface area contributed by atoms with Gasteiger partial charge in [-0.1, -0.05) is 17.4 Å². The van der Waals surface area contributed by atoms with Gasteiger partial charge in [-0.2, -0.15) is 5.10 Å². The predicted octanol–water partition coefficient (Wildman–Crippen LogP) is 2.82. The summed E-state index contributed by atoms with van der Waals surface area (Å²) in [6.07, 6.45) is 4.55. The van der Waals surface area contributed by atoms with Crippen LogP contribution in [-0.4, -0.2) is 33.2 Å². The molecule has 0 radical (unpaired) electrons. The summed E-state index contributed by atoms with van der Waals surface area (Å²) in [4.78, 5) is 12.1. The Kier molecular flexibility index (Phi) is 4.90. The van der Waals surface area contributed by atoms with Crippen LogP contribution in [0.2, 0.25) is 0 Å². The number of benzene rings is 1. The number of hydrogen-bond donors (Lipinski definition) is 1. The van der Waals surface area contributed by atoms with Crippen molar-refractivity contribution in [2.45, 2.75) is 44.7 Å². The van der Waals surface area contributed by atoms with E-state index in [1.54, 1.807) is 29.5 Å². The molecule has 2 aromatic heterocycles. The van der Waals surface area contributed by atoms with Gasteiger partial charge in [-0.05, 0) is 49.9 Å². The molecule has 4 rings (SSSR count). The molecule has 1 fully saturated rings. The second-order valence-corrected chi connectivity index (χ2v) is 7.94. The number of methoxy groups -OCH3 is 1. The molecule has 3 aromatic rings. The Hall–Kier alpha value is -2.00. The molecule has 1 aliphatic rings. The fraction of sp³-hybridized carbons (Fsp3) is 0.474. The third-order valence-electron chi connectivity index (χ3n) is 5.09. The maximum absolute atomic E-state index is 12.2. The standard InChI is InChI=1S/C19H23N3O4S/c1-19(24,16-8-9-20-22(16)17-5-3-4-10-26-17)13-6-7-14-15(11-13)27-18(23)21(14)12-25-2/h6-9,11,17,24H,3-5,10,12H2,1-2H3. The van der Waals surface area contributed by atoms with Gasteiger partial charge in [0.15, 0.2) is 6.23 Å². The summed E-state index contributed by atoms with van der Waals surface area (Å²) in [5, 5.41) is 15.8. The van der Waals surface area contributed by atoms with Crippen molar-refractivity contribution in [1.29, 1.82) is 0 Å². The third-order valence-corrected chi connectivity index (χ3v) is 6.03. The fourth-order valence-electron chi connectivity index (χ4n) is 3.61. The molecule has 2 unspecified atom stereocenters. The maximum atomic E-state index is 12.2. The van der Waals surface area contributed by atoms with E-state index in [9.17, 15) is 9.90 Å². The van der Waals surface area contributed by atoms with Crippen LogP contribution < -0.4 is 4.87 Å². The van der Waals surface area contributed by atoms with Crippen LogP contribution in [0.3, 0.4) is 0 Å². The highest BCUT2D eigenvalue weighted by atomic mass is 32.1. The van der Waals surface area contributed by atoms with Crippen LogP contribution in [0.15, 0.2) is 35.3 Å². The zero-order valence-electron chi connectivity index (χ0n) is 15.4. The Balaban J connectivity index is 1.74. The number of thiazole rings is 1. The van der Waals surface area contributed by atoms with E-state index in [0.717, 1.165) is 40.8 Å².